The number of nitriles is 1. The number of rotatable bonds is 5. The smallest absolute Gasteiger partial charge is 0.136 e. The molecule has 0 heterocycles. The second-order valence-electron chi connectivity index (χ2n) is 5.36. The summed E-state index contributed by atoms with van der Waals surface area (Å²) in [6.07, 6.45) is 5.44. The van der Waals surface area contributed by atoms with E-state index in [0.717, 1.165) is 18.0 Å². The van der Waals surface area contributed by atoms with Crippen molar-refractivity contribution in [3.8, 4) is 11.8 Å². The van der Waals surface area contributed by atoms with Crippen LogP contribution < -0.4 is 10.1 Å². The molecule has 1 saturated carbocycles. The SMILES string of the molecule is COc1ccc(CNC(C)C2CCCC2)cc1C#N. The fourth-order valence-electron chi connectivity index (χ4n) is 2.86. The van der Waals surface area contributed by atoms with Crippen LogP contribution in [0.5, 0.6) is 5.75 Å². The minimum absolute atomic E-state index is 0.551. The minimum atomic E-state index is 0.551. The third-order valence-corrected chi connectivity index (χ3v) is 4.12. The molecule has 0 bridgehead atoms. The summed E-state index contributed by atoms with van der Waals surface area (Å²) in [5, 5.41) is 12.7. The molecule has 1 unspecified atom stereocenters. The molecule has 3 nitrogen and oxygen atoms in total. The van der Waals surface area contributed by atoms with Gasteiger partial charge in [-0.2, -0.15) is 5.26 Å². The van der Waals surface area contributed by atoms with E-state index in [1.165, 1.54) is 25.7 Å². The first-order valence-electron chi connectivity index (χ1n) is 7.05. The Labute approximate surface area is 115 Å². The van der Waals surface area contributed by atoms with Gasteiger partial charge in [0.2, 0.25) is 0 Å². The first-order chi connectivity index (χ1) is 9.24. The zero-order valence-corrected chi connectivity index (χ0v) is 11.8. The summed E-state index contributed by atoms with van der Waals surface area (Å²) in [5.74, 6) is 1.46. The van der Waals surface area contributed by atoms with Crippen molar-refractivity contribution in [2.45, 2.75) is 45.2 Å². The maximum Gasteiger partial charge on any atom is 0.136 e. The van der Waals surface area contributed by atoms with E-state index in [1.807, 2.05) is 18.2 Å². The van der Waals surface area contributed by atoms with Crippen LogP contribution in [0.4, 0.5) is 0 Å². The predicted molar refractivity (Wildman–Crippen MR) is 76.0 cm³/mol. The molecule has 1 aromatic carbocycles. The van der Waals surface area contributed by atoms with Crippen LogP contribution in [0, 0.1) is 17.2 Å². The molecule has 0 spiro atoms. The Morgan fingerprint density at radius 1 is 1.42 bits per heavy atom. The molecule has 0 saturated heterocycles. The topological polar surface area (TPSA) is 45.0 Å². The van der Waals surface area contributed by atoms with Crippen LogP contribution in [0.2, 0.25) is 0 Å². The molecular weight excluding hydrogens is 236 g/mol. The van der Waals surface area contributed by atoms with Crippen molar-refractivity contribution in [3.05, 3.63) is 29.3 Å². The quantitative estimate of drug-likeness (QED) is 0.882. The number of ether oxygens (including phenoxy) is 1. The molecule has 1 fully saturated rings. The number of hydrogen-bond acceptors (Lipinski definition) is 3. The molecule has 0 radical (unpaired) electrons. The summed E-state index contributed by atoms with van der Waals surface area (Å²) in [6.45, 7) is 3.08. The van der Waals surface area contributed by atoms with Gasteiger partial charge in [0, 0.05) is 12.6 Å². The van der Waals surface area contributed by atoms with Gasteiger partial charge in [0.1, 0.15) is 11.8 Å². The highest BCUT2D eigenvalue weighted by Crippen LogP contribution is 2.27. The van der Waals surface area contributed by atoms with Gasteiger partial charge in [-0.15, -0.1) is 0 Å². The van der Waals surface area contributed by atoms with Gasteiger partial charge in [-0.3, -0.25) is 0 Å². The lowest BCUT2D eigenvalue weighted by Crippen LogP contribution is -2.31. The molecule has 0 aromatic heterocycles. The third-order valence-electron chi connectivity index (χ3n) is 4.12. The molecule has 1 N–H and O–H groups in total. The number of hydrogen-bond donors (Lipinski definition) is 1. The van der Waals surface area contributed by atoms with Crippen molar-refractivity contribution in [1.82, 2.24) is 5.32 Å². The van der Waals surface area contributed by atoms with E-state index in [0.29, 0.717) is 17.4 Å². The van der Waals surface area contributed by atoms with Gasteiger partial charge in [-0.25, -0.2) is 0 Å². The van der Waals surface area contributed by atoms with Crippen molar-refractivity contribution in [2.24, 2.45) is 5.92 Å². The molecule has 2 rings (SSSR count). The van der Waals surface area contributed by atoms with Gasteiger partial charge in [-0.05, 0) is 43.4 Å². The maximum absolute atomic E-state index is 9.07. The van der Waals surface area contributed by atoms with E-state index >= 15 is 0 Å². The third kappa shape index (κ3) is 3.48. The fraction of sp³-hybridized carbons (Fsp3) is 0.562. The molecule has 1 aliphatic carbocycles. The Morgan fingerprint density at radius 2 is 2.16 bits per heavy atom. The number of nitrogens with one attached hydrogen (secondary N) is 1. The molecule has 102 valence electrons. The van der Waals surface area contributed by atoms with E-state index < -0.39 is 0 Å². The molecule has 0 amide bonds. The van der Waals surface area contributed by atoms with Crippen molar-refractivity contribution in [2.75, 3.05) is 7.11 Å². The molecule has 19 heavy (non-hydrogen) atoms. The van der Waals surface area contributed by atoms with Crippen molar-refractivity contribution in [3.63, 3.8) is 0 Å². The van der Waals surface area contributed by atoms with E-state index in [9.17, 15) is 0 Å². The molecule has 1 aliphatic rings. The first kappa shape index (κ1) is 13.9. The van der Waals surface area contributed by atoms with Crippen molar-refractivity contribution < 1.29 is 4.74 Å². The van der Waals surface area contributed by atoms with Gasteiger partial charge in [0.25, 0.3) is 0 Å². The van der Waals surface area contributed by atoms with E-state index in [1.54, 1.807) is 7.11 Å². The summed E-state index contributed by atoms with van der Waals surface area (Å²) >= 11 is 0. The van der Waals surface area contributed by atoms with Crippen LogP contribution in [0.3, 0.4) is 0 Å². The minimum Gasteiger partial charge on any atom is -0.495 e. The van der Waals surface area contributed by atoms with Crippen molar-refractivity contribution in [1.29, 1.82) is 5.26 Å². The average Bonchev–Trinajstić information content (AvgIpc) is 2.98. The van der Waals surface area contributed by atoms with Gasteiger partial charge in [0.15, 0.2) is 0 Å². The molecule has 1 aromatic rings. The molecule has 1 atom stereocenters. The Hall–Kier alpha value is -1.53. The largest absolute Gasteiger partial charge is 0.495 e. The molecule has 3 heteroatoms. The predicted octanol–water partition coefficient (Wildman–Crippen LogP) is 3.24. The molecular formula is C16H22N2O. The Kier molecular flexibility index (Phi) is 4.81. The summed E-state index contributed by atoms with van der Waals surface area (Å²) in [6, 6.07) is 8.53. The summed E-state index contributed by atoms with van der Waals surface area (Å²) < 4.78 is 5.16. The van der Waals surface area contributed by atoms with E-state index in [4.69, 9.17) is 10.00 Å². The lowest BCUT2D eigenvalue weighted by Gasteiger charge is -2.20. The van der Waals surface area contributed by atoms with Crippen LogP contribution in [-0.2, 0) is 6.54 Å². The first-order valence-corrected chi connectivity index (χ1v) is 7.05. The Balaban J connectivity index is 1.94. The Bertz CT molecular complexity index is 458. The lowest BCUT2D eigenvalue weighted by molar-refractivity contribution is 0.380. The van der Waals surface area contributed by atoms with Crippen LogP contribution in [0.25, 0.3) is 0 Å². The zero-order valence-electron chi connectivity index (χ0n) is 11.8. The summed E-state index contributed by atoms with van der Waals surface area (Å²) in [4.78, 5) is 0. The van der Waals surface area contributed by atoms with Crippen LogP contribution in [0.1, 0.15) is 43.7 Å². The van der Waals surface area contributed by atoms with Gasteiger partial charge in [0.05, 0.1) is 12.7 Å². The molecule has 0 aliphatic heterocycles. The highest BCUT2D eigenvalue weighted by molar-refractivity contribution is 5.45. The highest BCUT2D eigenvalue weighted by Gasteiger charge is 2.20. The standard InChI is InChI=1S/C16H22N2O/c1-12(14-5-3-4-6-14)18-11-13-7-8-16(19-2)15(9-13)10-17/h7-9,12,14,18H,3-6,11H2,1-2H3. The number of methoxy groups -OCH3 is 1. The Morgan fingerprint density at radius 3 is 2.79 bits per heavy atom. The van der Waals surface area contributed by atoms with Gasteiger partial charge < -0.3 is 10.1 Å². The van der Waals surface area contributed by atoms with Gasteiger partial charge >= 0.3 is 0 Å². The highest BCUT2D eigenvalue weighted by atomic mass is 16.5. The fourth-order valence-corrected chi connectivity index (χ4v) is 2.86. The second-order valence-corrected chi connectivity index (χ2v) is 5.36. The van der Waals surface area contributed by atoms with Crippen LogP contribution in [-0.4, -0.2) is 13.2 Å². The van der Waals surface area contributed by atoms with Crippen LogP contribution in [0.15, 0.2) is 18.2 Å². The lowest BCUT2D eigenvalue weighted by atomic mass is 9.99. The summed E-state index contributed by atoms with van der Waals surface area (Å²) in [7, 11) is 1.59. The van der Waals surface area contributed by atoms with E-state index in [-0.39, 0.29) is 0 Å². The van der Waals surface area contributed by atoms with Crippen molar-refractivity contribution >= 4 is 0 Å². The number of nitrogens with zero attached hydrogens (tertiary/aromatic N) is 1. The monoisotopic (exact) mass is 258 g/mol. The van der Waals surface area contributed by atoms with Gasteiger partial charge in [-0.1, -0.05) is 18.9 Å². The van der Waals surface area contributed by atoms with Crippen LogP contribution >= 0.6 is 0 Å². The zero-order chi connectivity index (χ0) is 13.7. The van der Waals surface area contributed by atoms with E-state index in [2.05, 4.69) is 18.3 Å². The summed E-state index contributed by atoms with van der Waals surface area (Å²) in [5.41, 5.74) is 1.75. The second kappa shape index (κ2) is 6.58. The number of benzene rings is 1. The average molecular weight is 258 g/mol. The maximum atomic E-state index is 9.07. The normalized spacial score (nSPS) is 17.1.